The van der Waals surface area contributed by atoms with E-state index in [0.29, 0.717) is 5.92 Å². The molecule has 2 nitrogen and oxygen atoms in total. The van der Waals surface area contributed by atoms with Crippen molar-refractivity contribution < 1.29 is 4.39 Å². The molecular formula is C15H23FN2. The first-order valence-corrected chi connectivity index (χ1v) is 6.83. The van der Waals surface area contributed by atoms with Crippen LogP contribution in [-0.2, 0) is 0 Å². The van der Waals surface area contributed by atoms with Crippen LogP contribution >= 0.6 is 0 Å². The van der Waals surface area contributed by atoms with Crippen LogP contribution < -0.4 is 5.32 Å². The van der Waals surface area contributed by atoms with Crippen LogP contribution in [0.15, 0.2) is 24.3 Å². The maximum absolute atomic E-state index is 13.4. The first-order valence-electron chi connectivity index (χ1n) is 6.83. The van der Waals surface area contributed by atoms with Gasteiger partial charge in [0.15, 0.2) is 0 Å². The first-order chi connectivity index (χ1) is 8.72. The summed E-state index contributed by atoms with van der Waals surface area (Å²) in [6.07, 6.45) is 0. The van der Waals surface area contributed by atoms with Crippen LogP contribution in [0.4, 0.5) is 4.39 Å². The number of halogens is 1. The molecule has 1 saturated heterocycles. The Kier molecular flexibility index (Phi) is 4.72. The summed E-state index contributed by atoms with van der Waals surface area (Å²) in [5.41, 5.74) is 2.41. The second-order valence-corrected chi connectivity index (χ2v) is 5.28. The van der Waals surface area contributed by atoms with Gasteiger partial charge in [0.1, 0.15) is 6.67 Å². The van der Waals surface area contributed by atoms with Crippen molar-refractivity contribution in [1.29, 1.82) is 0 Å². The molecule has 1 atom stereocenters. The zero-order valence-electron chi connectivity index (χ0n) is 11.3. The van der Waals surface area contributed by atoms with Gasteiger partial charge < -0.3 is 5.32 Å². The number of nitrogens with one attached hydrogen (secondary N) is 1. The molecular weight excluding hydrogens is 227 g/mol. The van der Waals surface area contributed by atoms with Gasteiger partial charge in [0.25, 0.3) is 0 Å². The van der Waals surface area contributed by atoms with Crippen molar-refractivity contribution in [3.8, 4) is 0 Å². The molecule has 0 unspecified atom stereocenters. The number of hydrogen-bond donors (Lipinski definition) is 1. The summed E-state index contributed by atoms with van der Waals surface area (Å²) in [7, 11) is 0. The predicted molar refractivity (Wildman–Crippen MR) is 73.7 cm³/mol. The SMILES string of the molecule is CC(C)c1cccc([C@@H](CF)N2CCNCC2)c1. The second kappa shape index (κ2) is 6.30. The van der Waals surface area contributed by atoms with E-state index in [1.54, 1.807) is 0 Å². The van der Waals surface area contributed by atoms with Crippen molar-refractivity contribution >= 4 is 0 Å². The van der Waals surface area contributed by atoms with Gasteiger partial charge in [0.05, 0.1) is 6.04 Å². The number of rotatable bonds is 4. The van der Waals surface area contributed by atoms with Gasteiger partial charge in [-0.3, -0.25) is 4.90 Å². The van der Waals surface area contributed by atoms with E-state index >= 15 is 0 Å². The fourth-order valence-corrected chi connectivity index (χ4v) is 2.52. The average Bonchev–Trinajstić information content (AvgIpc) is 2.41. The third kappa shape index (κ3) is 3.09. The van der Waals surface area contributed by atoms with E-state index in [2.05, 4.69) is 48.3 Å². The molecule has 0 amide bonds. The number of alkyl halides is 1. The van der Waals surface area contributed by atoms with E-state index in [4.69, 9.17) is 0 Å². The molecule has 1 aliphatic heterocycles. The summed E-state index contributed by atoms with van der Waals surface area (Å²) in [6.45, 7) is 7.83. The minimum Gasteiger partial charge on any atom is -0.314 e. The molecule has 1 aliphatic rings. The Morgan fingerprint density at radius 3 is 2.50 bits per heavy atom. The Hall–Kier alpha value is -0.930. The quantitative estimate of drug-likeness (QED) is 0.884. The molecule has 1 aromatic rings. The summed E-state index contributed by atoms with van der Waals surface area (Å²) < 4.78 is 13.4. The summed E-state index contributed by atoms with van der Waals surface area (Å²) in [4.78, 5) is 2.25. The van der Waals surface area contributed by atoms with E-state index in [-0.39, 0.29) is 12.7 Å². The molecule has 100 valence electrons. The Morgan fingerprint density at radius 1 is 1.22 bits per heavy atom. The van der Waals surface area contributed by atoms with E-state index < -0.39 is 0 Å². The van der Waals surface area contributed by atoms with Crippen LogP contribution in [0.1, 0.15) is 36.9 Å². The molecule has 0 aromatic heterocycles. The maximum Gasteiger partial charge on any atom is 0.109 e. The number of piperazine rings is 1. The summed E-state index contributed by atoms with van der Waals surface area (Å²) >= 11 is 0. The monoisotopic (exact) mass is 250 g/mol. The molecule has 2 rings (SSSR count). The van der Waals surface area contributed by atoms with Crippen LogP contribution in [0.3, 0.4) is 0 Å². The fourth-order valence-electron chi connectivity index (χ4n) is 2.52. The summed E-state index contributed by atoms with van der Waals surface area (Å²) in [5.74, 6) is 0.494. The normalized spacial score (nSPS) is 19.1. The van der Waals surface area contributed by atoms with Crippen LogP contribution in [0.25, 0.3) is 0 Å². The lowest BCUT2D eigenvalue weighted by molar-refractivity contribution is 0.147. The average molecular weight is 250 g/mol. The van der Waals surface area contributed by atoms with Gasteiger partial charge in [-0.05, 0) is 17.0 Å². The molecule has 0 radical (unpaired) electrons. The van der Waals surface area contributed by atoms with Crippen LogP contribution in [0.2, 0.25) is 0 Å². The smallest absolute Gasteiger partial charge is 0.109 e. The lowest BCUT2D eigenvalue weighted by atomic mass is 9.97. The highest BCUT2D eigenvalue weighted by atomic mass is 19.1. The van der Waals surface area contributed by atoms with Gasteiger partial charge in [-0.15, -0.1) is 0 Å². The van der Waals surface area contributed by atoms with Gasteiger partial charge in [-0.2, -0.15) is 0 Å². The molecule has 0 aliphatic carbocycles. The minimum atomic E-state index is -0.304. The number of benzene rings is 1. The van der Waals surface area contributed by atoms with Crippen molar-refractivity contribution in [2.24, 2.45) is 0 Å². The van der Waals surface area contributed by atoms with Crippen LogP contribution in [-0.4, -0.2) is 37.8 Å². The van der Waals surface area contributed by atoms with Crippen molar-refractivity contribution in [2.45, 2.75) is 25.8 Å². The standard InChI is InChI=1S/C15H23FN2/c1-12(2)13-4-3-5-14(10-13)15(11-16)18-8-6-17-7-9-18/h3-5,10,12,15,17H,6-9,11H2,1-2H3/t15-/m1/s1. The number of hydrogen-bond acceptors (Lipinski definition) is 2. The molecule has 3 heteroatoms. The van der Waals surface area contributed by atoms with Crippen LogP contribution in [0, 0.1) is 0 Å². The van der Waals surface area contributed by atoms with Gasteiger partial charge >= 0.3 is 0 Å². The predicted octanol–water partition coefficient (Wildman–Crippen LogP) is 2.73. The number of nitrogens with zero attached hydrogens (tertiary/aromatic N) is 1. The highest BCUT2D eigenvalue weighted by Gasteiger charge is 2.22. The summed E-state index contributed by atoms with van der Waals surface area (Å²) in [6, 6.07) is 8.32. The summed E-state index contributed by atoms with van der Waals surface area (Å²) in [5, 5.41) is 3.31. The minimum absolute atomic E-state index is 0.0780. The Labute approximate surface area is 109 Å². The zero-order valence-corrected chi connectivity index (χ0v) is 11.3. The lowest BCUT2D eigenvalue weighted by Crippen LogP contribution is -2.45. The fraction of sp³-hybridized carbons (Fsp3) is 0.600. The van der Waals surface area contributed by atoms with Crippen molar-refractivity contribution in [3.05, 3.63) is 35.4 Å². The molecule has 0 saturated carbocycles. The van der Waals surface area contributed by atoms with Gasteiger partial charge in [-0.25, -0.2) is 4.39 Å². The maximum atomic E-state index is 13.4. The van der Waals surface area contributed by atoms with Crippen molar-refractivity contribution in [2.75, 3.05) is 32.9 Å². The molecule has 1 aromatic carbocycles. The molecule has 1 N–H and O–H groups in total. The third-order valence-electron chi connectivity index (χ3n) is 3.70. The van der Waals surface area contributed by atoms with Gasteiger partial charge in [-0.1, -0.05) is 38.1 Å². The van der Waals surface area contributed by atoms with E-state index in [0.717, 1.165) is 31.7 Å². The Morgan fingerprint density at radius 2 is 1.89 bits per heavy atom. The van der Waals surface area contributed by atoms with Crippen molar-refractivity contribution in [1.82, 2.24) is 10.2 Å². The highest BCUT2D eigenvalue weighted by Crippen LogP contribution is 2.25. The van der Waals surface area contributed by atoms with E-state index in [9.17, 15) is 4.39 Å². The van der Waals surface area contributed by atoms with Gasteiger partial charge in [0.2, 0.25) is 0 Å². The molecule has 0 bridgehead atoms. The molecule has 0 spiro atoms. The van der Waals surface area contributed by atoms with E-state index in [1.807, 2.05) is 0 Å². The zero-order chi connectivity index (χ0) is 13.0. The lowest BCUT2D eigenvalue weighted by Gasteiger charge is -2.33. The van der Waals surface area contributed by atoms with Crippen LogP contribution in [0.5, 0.6) is 0 Å². The Balaban J connectivity index is 2.18. The van der Waals surface area contributed by atoms with Crippen molar-refractivity contribution in [3.63, 3.8) is 0 Å². The molecule has 18 heavy (non-hydrogen) atoms. The largest absolute Gasteiger partial charge is 0.314 e. The second-order valence-electron chi connectivity index (χ2n) is 5.28. The topological polar surface area (TPSA) is 15.3 Å². The first kappa shape index (κ1) is 13.5. The molecule has 1 fully saturated rings. The Bertz CT molecular complexity index is 373. The molecule has 1 heterocycles. The van der Waals surface area contributed by atoms with E-state index in [1.165, 1.54) is 5.56 Å². The highest BCUT2D eigenvalue weighted by molar-refractivity contribution is 5.28. The van der Waals surface area contributed by atoms with Gasteiger partial charge in [0, 0.05) is 26.2 Å². The third-order valence-corrected chi connectivity index (χ3v) is 3.70.